The van der Waals surface area contributed by atoms with Gasteiger partial charge in [0, 0.05) is 29.6 Å². The van der Waals surface area contributed by atoms with Crippen molar-refractivity contribution in [3.8, 4) is 11.5 Å². The summed E-state index contributed by atoms with van der Waals surface area (Å²) < 4.78 is 25.1. The van der Waals surface area contributed by atoms with Gasteiger partial charge in [-0.1, -0.05) is 36.9 Å². The lowest BCUT2D eigenvalue weighted by molar-refractivity contribution is -0.137. The largest absolute Gasteiger partial charge is 0.497 e. The minimum atomic E-state index is -0.861. The molecule has 37 heavy (non-hydrogen) atoms. The number of carbonyl (C=O) groups is 2. The number of thioether (sulfide) groups is 1. The third kappa shape index (κ3) is 7.42. The Morgan fingerprint density at radius 1 is 1.05 bits per heavy atom. The molecule has 1 heterocycles. The summed E-state index contributed by atoms with van der Waals surface area (Å²) in [7, 11) is 3.02. The van der Waals surface area contributed by atoms with Crippen molar-refractivity contribution in [1.29, 1.82) is 0 Å². The van der Waals surface area contributed by atoms with E-state index in [0.717, 1.165) is 11.4 Å². The van der Waals surface area contributed by atoms with E-state index in [1.165, 1.54) is 36.9 Å². The number of aromatic nitrogens is 2. The van der Waals surface area contributed by atoms with Crippen molar-refractivity contribution in [2.75, 3.05) is 25.3 Å². The fraction of sp³-hybridized carbons (Fsp3) is 0.333. The number of aryl methyl sites for hydroxylation is 2. The summed E-state index contributed by atoms with van der Waals surface area (Å²) in [4.78, 5) is 37.0. The van der Waals surface area contributed by atoms with Crippen LogP contribution >= 0.6 is 11.8 Å². The van der Waals surface area contributed by atoms with Crippen LogP contribution in [0.25, 0.3) is 0 Å². The lowest BCUT2D eigenvalue weighted by Crippen LogP contribution is -2.47. The van der Waals surface area contributed by atoms with Gasteiger partial charge in [-0.3, -0.25) is 9.59 Å². The van der Waals surface area contributed by atoms with Crippen LogP contribution in [-0.4, -0.2) is 52.7 Å². The molecule has 196 valence electrons. The maximum absolute atomic E-state index is 14.5. The lowest BCUT2D eigenvalue weighted by atomic mass is 10.1. The number of carbonyl (C=O) groups excluding carboxylic acids is 2. The molecule has 2 aromatic carbocycles. The topological polar surface area (TPSA) is 93.7 Å². The van der Waals surface area contributed by atoms with Crippen LogP contribution in [0.2, 0.25) is 0 Å². The van der Waals surface area contributed by atoms with Crippen molar-refractivity contribution in [2.45, 2.75) is 44.9 Å². The van der Waals surface area contributed by atoms with E-state index in [1.807, 2.05) is 19.9 Å². The number of methoxy groups -OCH3 is 2. The summed E-state index contributed by atoms with van der Waals surface area (Å²) in [6.45, 7) is 5.45. The first kappa shape index (κ1) is 27.9. The third-order valence-corrected chi connectivity index (χ3v) is 6.47. The summed E-state index contributed by atoms with van der Waals surface area (Å²) in [6, 6.07) is 12.2. The van der Waals surface area contributed by atoms with E-state index in [9.17, 15) is 14.0 Å². The molecular formula is C27H31FN4O4S. The molecule has 0 aliphatic carbocycles. The van der Waals surface area contributed by atoms with Crippen molar-refractivity contribution >= 4 is 29.3 Å². The number of amides is 2. The summed E-state index contributed by atoms with van der Waals surface area (Å²) >= 11 is 1.18. The maximum Gasteiger partial charge on any atom is 0.247 e. The van der Waals surface area contributed by atoms with Gasteiger partial charge in [-0.25, -0.2) is 14.4 Å². The third-order valence-electron chi connectivity index (χ3n) is 5.64. The molecule has 2 amide bonds. The van der Waals surface area contributed by atoms with Crippen LogP contribution in [0.4, 0.5) is 10.1 Å². The van der Waals surface area contributed by atoms with E-state index in [-0.39, 0.29) is 18.2 Å². The first-order valence-electron chi connectivity index (χ1n) is 11.8. The molecule has 0 aliphatic heterocycles. The highest BCUT2D eigenvalue weighted by molar-refractivity contribution is 7.99. The van der Waals surface area contributed by atoms with Gasteiger partial charge in [-0.15, -0.1) is 0 Å². The molecule has 1 atom stereocenters. The SMILES string of the molecule is CCC(C(=O)Nc1ccc(OC)cc1OC)N(Cc1ccccc1F)C(=O)CSc1nc(C)cc(C)n1. The van der Waals surface area contributed by atoms with Gasteiger partial charge in [0.15, 0.2) is 5.16 Å². The van der Waals surface area contributed by atoms with Gasteiger partial charge in [-0.05, 0) is 44.5 Å². The Labute approximate surface area is 220 Å². The molecule has 1 unspecified atom stereocenters. The highest BCUT2D eigenvalue weighted by Gasteiger charge is 2.30. The molecule has 10 heteroatoms. The molecule has 0 saturated carbocycles. The number of anilines is 1. The quantitative estimate of drug-likeness (QED) is 0.284. The highest BCUT2D eigenvalue weighted by atomic mass is 32.2. The molecule has 0 spiro atoms. The zero-order valence-corrected chi connectivity index (χ0v) is 22.4. The molecule has 0 saturated heterocycles. The Morgan fingerprint density at radius 2 is 1.76 bits per heavy atom. The molecule has 0 radical (unpaired) electrons. The number of hydrogen-bond donors (Lipinski definition) is 1. The van der Waals surface area contributed by atoms with Gasteiger partial charge in [0.1, 0.15) is 23.4 Å². The highest BCUT2D eigenvalue weighted by Crippen LogP contribution is 2.30. The van der Waals surface area contributed by atoms with E-state index in [4.69, 9.17) is 9.47 Å². The summed E-state index contributed by atoms with van der Waals surface area (Å²) in [5.41, 5.74) is 2.34. The van der Waals surface area contributed by atoms with Gasteiger partial charge in [0.2, 0.25) is 11.8 Å². The second-order valence-electron chi connectivity index (χ2n) is 8.31. The zero-order chi connectivity index (χ0) is 26.9. The predicted molar refractivity (Wildman–Crippen MR) is 141 cm³/mol. The van der Waals surface area contributed by atoms with E-state index >= 15 is 0 Å². The average molecular weight is 527 g/mol. The number of nitrogens with zero attached hydrogens (tertiary/aromatic N) is 3. The smallest absolute Gasteiger partial charge is 0.247 e. The minimum Gasteiger partial charge on any atom is -0.497 e. The van der Waals surface area contributed by atoms with Crippen molar-refractivity contribution in [3.63, 3.8) is 0 Å². The summed E-state index contributed by atoms with van der Waals surface area (Å²) in [6.07, 6.45) is 0.315. The van der Waals surface area contributed by atoms with E-state index in [2.05, 4.69) is 15.3 Å². The Morgan fingerprint density at radius 3 is 2.38 bits per heavy atom. The van der Waals surface area contributed by atoms with Gasteiger partial charge in [0.05, 0.1) is 25.7 Å². The molecule has 0 aliphatic rings. The molecule has 8 nitrogen and oxygen atoms in total. The first-order chi connectivity index (χ1) is 17.7. The first-order valence-corrected chi connectivity index (χ1v) is 12.7. The number of hydrogen-bond acceptors (Lipinski definition) is 7. The maximum atomic E-state index is 14.5. The van der Waals surface area contributed by atoms with Crippen LogP contribution < -0.4 is 14.8 Å². The van der Waals surface area contributed by atoms with Crippen molar-refractivity contribution < 1.29 is 23.5 Å². The fourth-order valence-corrected chi connectivity index (χ4v) is 4.65. The van der Waals surface area contributed by atoms with Crippen molar-refractivity contribution in [2.24, 2.45) is 0 Å². The van der Waals surface area contributed by atoms with Gasteiger partial charge < -0.3 is 19.7 Å². The number of halogens is 1. The normalized spacial score (nSPS) is 11.5. The number of rotatable bonds is 11. The predicted octanol–water partition coefficient (Wildman–Crippen LogP) is 4.79. The fourth-order valence-electron chi connectivity index (χ4n) is 3.81. The van der Waals surface area contributed by atoms with Gasteiger partial charge in [-0.2, -0.15) is 0 Å². The Bertz CT molecular complexity index is 1240. The Hall–Kier alpha value is -3.66. The van der Waals surface area contributed by atoms with Crippen LogP contribution in [0.5, 0.6) is 11.5 Å². The molecule has 0 fully saturated rings. The van der Waals surface area contributed by atoms with Crippen LogP contribution in [-0.2, 0) is 16.1 Å². The summed E-state index contributed by atoms with van der Waals surface area (Å²) in [5, 5.41) is 3.32. The zero-order valence-electron chi connectivity index (χ0n) is 21.6. The summed E-state index contributed by atoms with van der Waals surface area (Å²) in [5.74, 6) is -0.214. The molecule has 3 aromatic rings. The Kier molecular flexibility index (Phi) is 9.85. The van der Waals surface area contributed by atoms with Gasteiger partial charge >= 0.3 is 0 Å². The van der Waals surface area contributed by atoms with Crippen LogP contribution in [0.3, 0.4) is 0 Å². The van der Waals surface area contributed by atoms with E-state index in [0.29, 0.717) is 34.3 Å². The number of benzene rings is 2. The average Bonchev–Trinajstić information content (AvgIpc) is 2.88. The number of nitrogens with one attached hydrogen (secondary N) is 1. The van der Waals surface area contributed by atoms with Gasteiger partial charge in [0.25, 0.3) is 0 Å². The molecule has 1 aromatic heterocycles. The van der Waals surface area contributed by atoms with Crippen LogP contribution in [0, 0.1) is 19.7 Å². The second-order valence-corrected chi connectivity index (χ2v) is 9.26. The molecule has 3 rings (SSSR count). The van der Waals surface area contributed by atoms with Crippen molar-refractivity contribution in [3.05, 3.63) is 71.3 Å². The monoisotopic (exact) mass is 526 g/mol. The minimum absolute atomic E-state index is 0.00696. The van der Waals surface area contributed by atoms with E-state index < -0.39 is 17.8 Å². The second kappa shape index (κ2) is 13.0. The molecular weight excluding hydrogens is 495 g/mol. The molecule has 1 N–H and O–H groups in total. The van der Waals surface area contributed by atoms with Crippen LogP contribution in [0.15, 0.2) is 53.7 Å². The van der Waals surface area contributed by atoms with Crippen LogP contribution in [0.1, 0.15) is 30.3 Å². The van der Waals surface area contributed by atoms with E-state index in [1.54, 1.807) is 43.3 Å². The standard InChI is InChI=1S/C27H31FN4O4S/c1-6-23(26(34)31-22-12-11-20(35-4)14-24(22)36-5)32(15-19-9-7-8-10-21(19)28)25(33)16-37-27-29-17(2)13-18(3)30-27/h7-14,23H,6,15-16H2,1-5H3,(H,31,34). The Balaban J connectivity index is 1.86. The number of ether oxygens (including phenoxy) is 2. The molecule has 0 bridgehead atoms. The van der Waals surface area contributed by atoms with Crippen molar-refractivity contribution in [1.82, 2.24) is 14.9 Å². The lowest BCUT2D eigenvalue weighted by Gasteiger charge is -2.30.